The van der Waals surface area contributed by atoms with E-state index in [0.717, 1.165) is 50.0 Å². The van der Waals surface area contributed by atoms with Crippen LogP contribution in [0.1, 0.15) is 150 Å². The summed E-state index contributed by atoms with van der Waals surface area (Å²) in [7, 11) is 0. The Balaban J connectivity index is 2.02. The van der Waals surface area contributed by atoms with Gasteiger partial charge in [0.1, 0.15) is 48.3 Å². The molecule has 88 heavy (non-hydrogen) atoms. The van der Waals surface area contributed by atoms with Crippen molar-refractivity contribution in [2.75, 3.05) is 39.3 Å². The number of aliphatic carboxylic acids is 3. The summed E-state index contributed by atoms with van der Waals surface area (Å²) in [6, 6.07) is -13.2. The molecule has 3 aliphatic rings. The van der Waals surface area contributed by atoms with E-state index in [1.54, 1.807) is 19.9 Å². The minimum absolute atomic E-state index is 0.0161. The summed E-state index contributed by atoms with van der Waals surface area (Å²) in [5.41, 5.74) is 0. The van der Waals surface area contributed by atoms with E-state index < -0.39 is 195 Å². The number of aliphatic hydroxyl groups is 1. The first-order valence-electron chi connectivity index (χ1n) is 30.1. The van der Waals surface area contributed by atoms with Crippen LogP contribution in [0.2, 0.25) is 0 Å². The summed E-state index contributed by atoms with van der Waals surface area (Å²) < 4.78 is 0. The molecular weight excluding hydrogens is 1160 g/mol. The van der Waals surface area contributed by atoms with Gasteiger partial charge >= 0.3 is 17.9 Å². The normalized spacial score (nSPS) is 24.1. The number of hydrogen-bond donors (Lipinski definition) is 14. The van der Waals surface area contributed by atoms with Gasteiger partial charge in [0.05, 0.1) is 45.0 Å². The maximum absolute atomic E-state index is 14.8. The fraction of sp³-hybridized carbons (Fsp3) is 0.702. The SMILES string of the molecule is CC[C@@H](C)[C@@H]1NC(=O)[C@H]([C@@H](C)O)NC(=O)CNC(=O)[C@H](CC(=O)O)NC(=O)CNC(=O)[C@H](CC(=O)O)NC(=O)CNC(=O)[C@@H]2CCCCN2C(=O)[C@@H](NC(=O)[C@H](CC(=O)O)NC(=O)/C=C/CCCCCCCCCC(C)C)CNC(=O)[C@@H]2CCCN2C1=O. The number of carboxylic acids is 3. The quantitative estimate of drug-likeness (QED) is 0.0366. The van der Waals surface area contributed by atoms with Crippen LogP contribution in [-0.2, 0) is 71.9 Å². The molecule has 0 aliphatic carbocycles. The average molecular weight is 1250 g/mol. The number of carbonyl (C=O) groups is 15. The number of hydrogen-bond acceptors (Lipinski definition) is 16. The molecule has 3 saturated heterocycles. The average Bonchev–Trinajstić information content (AvgIpc) is 4.14. The molecule has 0 aromatic heterocycles. The number of nitrogens with one attached hydrogen (secondary N) is 10. The number of allylic oxidation sites excluding steroid dienone is 1. The fourth-order valence-electron chi connectivity index (χ4n) is 10.1. The number of nitrogens with zero attached hydrogens (tertiary/aromatic N) is 2. The lowest BCUT2D eigenvalue weighted by Gasteiger charge is -2.37. The highest BCUT2D eigenvalue weighted by Crippen LogP contribution is 2.23. The van der Waals surface area contributed by atoms with E-state index in [4.69, 9.17) is 0 Å². The molecule has 31 heteroatoms. The van der Waals surface area contributed by atoms with Crippen molar-refractivity contribution in [1.82, 2.24) is 63.0 Å². The third-order valence-electron chi connectivity index (χ3n) is 15.1. The molecule has 0 aromatic rings. The number of aliphatic hydroxyl groups excluding tert-OH is 1. The van der Waals surface area contributed by atoms with Gasteiger partial charge in [0.15, 0.2) is 0 Å². The van der Waals surface area contributed by atoms with Crippen molar-refractivity contribution >= 4 is 88.8 Å². The van der Waals surface area contributed by atoms with Crippen LogP contribution in [0.5, 0.6) is 0 Å². The van der Waals surface area contributed by atoms with E-state index in [9.17, 15) is 92.3 Å². The molecule has 0 saturated carbocycles. The maximum Gasteiger partial charge on any atom is 0.305 e. The highest BCUT2D eigenvalue weighted by atomic mass is 16.4. The van der Waals surface area contributed by atoms with Gasteiger partial charge in [-0.3, -0.25) is 71.9 Å². The number of unbranched alkanes of at least 4 members (excludes halogenated alkanes) is 7. The second-order valence-electron chi connectivity index (χ2n) is 22.8. The number of fused-ring (bicyclic) bond motifs is 2. The van der Waals surface area contributed by atoms with Crippen molar-refractivity contribution in [3.8, 4) is 0 Å². The molecule has 14 N–H and O–H groups in total. The lowest BCUT2D eigenvalue weighted by molar-refractivity contribution is -0.146. The monoisotopic (exact) mass is 1250 g/mol. The van der Waals surface area contributed by atoms with Gasteiger partial charge in [0.25, 0.3) is 0 Å². The second-order valence-corrected chi connectivity index (χ2v) is 22.8. The van der Waals surface area contributed by atoms with Crippen molar-refractivity contribution in [2.24, 2.45) is 11.8 Å². The van der Waals surface area contributed by atoms with Gasteiger partial charge in [-0.15, -0.1) is 0 Å². The summed E-state index contributed by atoms with van der Waals surface area (Å²) in [6.45, 7) is 5.06. The Morgan fingerprint density at radius 1 is 0.580 bits per heavy atom. The first kappa shape index (κ1) is 74.0. The first-order valence-corrected chi connectivity index (χ1v) is 30.1. The molecule has 31 nitrogen and oxygen atoms in total. The van der Waals surface area contributed by atoms with Crippen LogP contribution in [0.3, 0.4) is 0 Å². The van der Waals surface area contributed by atoms with E-state index in [1.807, 2.05) is 0 Å². The molecule has 0 bridgehead atoms. The van der Waals surface area contributed by atoms with Gasteiger partial charge in [0.2, 0.25) is 70.9 Å². The summed E-state index contributed by atoms with van der Waals surface area (Å²) in [5, 5.41) is 62.4. The molecule has 0 unspecified atom stereocenters. The molecule has 0 aromatic carbocycles. The molecule has 10 atom stereocenters. The Kier molecular flexibility index (Phi) is 32.1. The number of carboxylic acid groups (broad SMARTS) is 3. The van der Waals surface area contributed by atoms with E-state index in [0.29, 0.717) is 25.2 Å². The Bertz CT molecular complexity index is 2530. The van der Waals surface area contributed by atoms with E-state index >= 15 is 0 Å². The summed E-state index contributed by atoms with van der Waals surface area (Å²) in [6.07, 6.45) is 8.26. The summed E-state index contributed by atoms with van der Waals surface area (Å²) in [4.78, 5) is 202. The number of amides is 12. The minimum atomic E-state index is -1.90. The van der Waals surface area contributed by atoms with Crippen LogP contribution < -0.4 is 53.2 Å². The number of rotatable bonds is 23. The molecule has 12 amide bonds. The van der Waals surface area contributed by atoms with Crippen LogP contribution in [-0.4, -0.2) is 213 Å². The Morgan fingerprint density at radius 2 is 1.08 bits per heavy atom. The zero-order valence-corrected chi connectivity index (χ0v) is 50.8. The van der Waals surface area contributed by atoms with Gasteiger partial charge < -0.3 is 83.4 Å². The lowest BCUT2D eigenvalue weighted by Crippen LogP contribution is -2.63. The van der Waals surface area contributed by atoms with Crippen molar-refractivity contribution in [2.45, 2.75) is 205 Å². The van der Waals surface area contributed by atoms with Crippen LogP contribution in [0.25, 0.3) is 0 Å². The Labute approximate surface area is 510 Å². The Morgan fingerprint density at radius 3 is 1.61 bits per heavy atom. The highest BCUT2D eigenvalue weighted by Gasteiger charge is 2.43. The summed E-state index contributed by atoms with van der Waals surface area (Å²) >= 11 is 0. The molecule has 3 aliphatic heterocycles. The summed E-state index contributed by atoms with van der Waals surface area (Å²) in [5.74, 6) is -17.2. The fourth-order valence-corrected chi connectivity index (χ4v) is 10.1. The van der Waals surface area contributed by atoms with E-state index in [-0.39, 0.29) is 38.8 Å². The predicted octanol–water partition coefficient (Wildman–Crippen LogP) is -2.68. The molecule has 3 rings (SSSR count). The number of piperidine rings is 1. The van der Waals surface area contributed by atoms with Gasteiger partial charge in [-0.05, 0) is 69.8 Å². The predicted molar refractivity (Wildman–Crippen MR) is 311 cm³/mol. The molecular formula is C57H90N12O19. The van der Waals surface area contributed by atoms with Crippen LogP contribution in [0.15, 0.2) is 12.2 Å². The molecule has 0 spiro atoms. The van der Waals surface area contributed by atoms with Gasteiger partial charge in [-0.2, -0.15) is 0 Å². The number of carbonyl (C=O) groups excluding carboxylic acids is 12. The van der Waals surface area contributed by atoms with Gasteiger partial charge in [0, 0.05) is 19.6 Å². The van der Waals surface area contributed by atoms with Gasteiger partial charge in [-0.25, -0.2) is 0 Å². The zero-order chi connectivity index (χ0) is 65.6. The van der Waals surface area contributed by atoms with E-state index in [2.05, 4.69) is 67.0 Å². The van der Waals surface area contributed by atoms with E-state index in [1.165, 1.54) is 24.2 Å². The van der Waals surface area contributed by atoms with Crippen molar-refractivity contribution in [3.05, 3.63) is 12.2 Å². The van der Waals surface area contributed by atoms with Crippen molar-refractivity contribution in [3.63, 3.8) is 0 Å². The van der Waals surface area contributed by atoms with Crippen LogP contribution >= 0.6 is 0 Å². The van der Waals surface area contributed by atoms with Crippen LogP contribution in [0.4, 0.5) is 0 Å². The largest absolute Gasteiger partial charge is 0.481 e. The third-order valence-corrected chi connectivity index (χ3v) is 15.1. The van der Waals surface area contributed by atoms with Crippen LogP contribution in [0, 0.1) is 11.8 Å². The lowest BCUT2D eigenvalue weighted by atomic mass is 9.96. The highest BCUT2D eigenvalue weighted by molar-refractivity contribution is 6.00. The minimum Gasteiger partial charge on any atom is -0.481 e. The zero-order valence-electron chi connectivity index (χ0n) is 50.8. The standard InChI is InChI=1S/C57H90N12O19/c1-6-33(4)48-57(88)69-24-18-21-40(69)53(84)58-28-38(65-52(83)37(27-47(79)80)62-41(71)22-15-13-11-9-7-8-10-12-14-19-32(2)3)56(87)68-23-17-16-20-39(68)54(85)61-30-43(73)64-35(25-45(75)76)50(81)59-29-42(72)63-36(26-46(77)78)51(82)60-31-44(74)66-49(34(5)70)55(86)67-48/h15,22,32-40,48-49,70H,6-14,16-21,23-31H2,1-5H3,(H,58,84)(H,59,81)(H,60,82)(H,61,85)(H,62,71)(H,63,72)(H,64,73)(H,65,83)(H,66,74)(H,67,86)(H,75,76)(H,77,78)(H,79,80)/b22-15+/t33-,34-,35+,36+,37+,38+,39+,40+,48+,49+/m1/s1. The third kappa shape index (κ3) is 26.0. The second kappa shape index (κ2) is 38.1. The van der Waals surface area contributed by atoms with Gasteiger partial charge in [-0.1, -0.05) is 85.1 Å². The molecule has 3 fully saturated rings. The molecule has 492 valence electrons. The molecule has 3 heterocycles. The van der Waals surface area contributed by atoms with Crippen molar-refractivity contribution < 1.29 is 92.3 Å². The smallest absolute Gasteiger partial charge is 0.305 e. The van der Waals surface area contributed by atoms with Crippen molar-refractivity contribution in [1.29, 1.82) is 0 Å². The maximum atomic E-state index is 14.8. The first-order chi connectivity index (χ1) is 41.6. The topological polar surface area (TPSA) is 464 Å². The molecule has 0 radical (unpaired) electrons. The Hall–Kier alpha value is -8.25.